The largest absolute Gasteiger partial charge is 0.479 e. The SMILES string of the molecule is CNC(=O)c1cc2c(-c3cc(Cl)cc4c3OC(C(=O)N3CCCCC3)C4)ccnc2[nH]1.O=C(C1Cc2cc(Cl)cc(-c3ccnc4[nH]c(-c5ccccc5)cc34)c2O1)N1CCCCC1.O=C(C1Cc2cc(Cl)cc(-c3ccnc4[nH]c(-c5ccccc5)cc34)c2O1)N1CCCCC1.O=C(C1Cc2cc(Cl)cc(-c3ccnc4[nH]ccc34)c2O1)N1CCN(C2CCC(c3ccccc3)CC2)CC1. The summed E-state index contributed by atoms with van der Waals surface area (Å²) in [6, 6.07) is 63.1. The van der Waals surface area contributed by atoms with Gasteiger partial charge in [-0.15, -0.1) is 0 Å². The molecule has 0 radical (unpaired) electrons. The van der Waals surface area contributed by atoms with Gasteiger partial charge in [-0.2, -0.15) is 0 Å². The highest BCUT2D eigenvalue weighted by molar-refractivity contribution is 6.32. The molecule has 4 unspecified atom stereocenters. The molecule has 4 saturated heterocycles. The third-order valence-electron chi connectivity index (χ3n) is 28.3. The van der Waals surface area contributed by atoms with Gasteiger partial charge in [0.1, 0.15) is 51.3 Å². The second kappa shape index (κ2) is 39.4. The Labute approximate surface area is 807 Å². The Balaban J connectivity index is 0.000000109. The van der Waals surface area contributed by atoms with Crippen LogP contribution >= 0.6 is 46.4 Å². The quantitative estimate of drug-likeness (QED) is 0.0719. The summed E-state index contributed by atoms with van der Waals surface area (Å²) in [6.45, 7) is 8.25. The van der Waals surface area contributed by atoms with Gasteiger partial charge in [-0.3, -0.25) is 28.9 Å². The number of hydrogen-bond acceptors (Lipinski definition) is 14. The van der Waals surface area contributed by atoms with Gasteiger partial charge in [-0.05, 0) is 225 Å². The number of hydrogen-bond donors (Lipinski definition) is 5. The Morgan fingerprint density at radius 3 is 1.06 bits per heavy atom. The summed E-state index contributed by atoms with van der Waals surface area (Å²) in [5, 5.41) is 8.92. The van der Waals surface area contributed by atoms with Gasteiger partial charge in [-0.25, -0.2) is 19.9 Å². The highest BCUT2D eigenvalue weighted by Crippen LogP contribution is 2.50. The number of pyridine rings is 4. The van der Waals surface area contributed by atoms with Crippen molar-refractivity contribution in [1.82, 2.24) is 69.7 Å². The van der Waals surface area contributed by atoms with E-state index in [0.29, 0.717) is 74.8 Å². The average molecular weight is 1900 g/mol. The van der Waals surface area contributed by atoms with Gasteiger partial charge >= 0.3 is 0 Å². The number of amides is 5. The van der Waals surface area contributed by atoms with Gasteiger partial charge < -0.3 is 63.8 Å². The van der Waals surface area contributed by atoms with Crippen LogP contribution in [0.4, 0.5) is 0 Å². The normalized spacial score (nSPS) is 19.4. The van der Waals surface area contributed by atoms with Crippen LogP contribution in [0.25, 0.3) is 111 Å². The molecular weight excluding hydrogens is 1790 g/mol. The molecule has 136 heavy (non-hydrogen) atoms. The molecule has 8 aromatic heterocycles. The number of nitrogens with one attached hydrogen (secondary N) is 5. The molecule has 27 heteroatoms. The highest BCUT2D eigenvalue weighted by Gasteiger charge is 2.42. The molecule has 7 aromatic carbocycles. The topological polar surface area (TPSA) is 265 Å². The monoisotopic (exact) mass is 1890 g/mol. The summed E-state index contributed by atoms with van der Waals surface area (Å²) in [4.78, 5) is 106. The summed E-state index contributed by atoms with van der Waals surface area (Å²) in [7, 11) is 1.58. The Kier molecular flexibility index (Phi) is 25.9. The molecule has 15 aromatic rings. The summed E-state index contributed by atoms with van der Waals surface area (Å²) in [5.74, 6) is 3.71. The molecule has 0 spiro atoms. The number of likely N-dealkylation sites (tertiary alicyclic amines) is 3. The number of ether oxygens (including phenoxy) is 4. The van der Waals surface area contributed by atoms with Crippen LogP contribution in [0.15, 0.2) is 219 Å². The number of aromatic amines is 4. The molecule has 16 heterocycles. The van der Waals surface area contributed by atoms with Crippen molar-refractivity contribution in [2.24, 2.45) is 0 Å². The summed E-state index contributed by atoms with van der Waals surface area (Å²) in [5.41, 5.74) is 20.4. The summed E-state index contributed by atoms with van der Waals surface area (Å²) < 4.78 is 25.3. The Morgan fingerprint density at radius 2 is 0.684 bits per heavy atom. The molecule has 24 rings (SSSR count). The second-order valence-corrected chi connectivity index (χ2v) is 38.5. The Hall–Kier alpha value is -13.0. The zero-order chi connectivity index (χ0) is 92.6. The van der Waals surface area contributed by atoms with Crippen molar-refractivity contribution in [3.63, 3.8) is 0 Å². The lowest BCUT2D eigenvalue weighted by Gasteiger charge is -2.42. The standard InChI is InChI=1S/C32H33ClN4O2.2C27H24ClN3O2.C23H23ClN4O3/c33-24-18-23-19-29(39-30(23)28(20-24)26-10-12-34-31-27(26)11-13-35-31)32(38)37-16-14-36(15-17-37)25-8-6-22(7-9-25)21-4-2-1-3-5-21;2*28-19-13-18-14-24(27(32)31-11-5-2-6-12-31)33-25(18)21(15-19)20-9-10-29-26-22(20)16-23(30-26)17-7-3-1-4-8-17;1-25-22(29)18-12-17-15(5-6-26-21(17)27-18)16-11-14(24)9-13-10-19(31-20(13)16)23(30)28-7-3-2-4-8-28/h1-5,10-13,18,20,22,25,29H,6-9,14-17,19H2,(H,34,35);2*1,3-4,7-10,13,15-16,24H,2,5-6,11-12,14H2,(H,29,30);5-6,9,11-12,19H,2-4,7-8,10H2,1H3,(H,25,29)(H,26,27). The molecule has 692 valence electrons. The highest BCUT2D eigenvalue weighted by atomic mass is 35.5. The number of H-pyrrole nitrogens is 4. The van der Waals surface area contributed by atoms with E-state index in [2.05, 4.69) is 117 Å². The van der Waals surface area contributed by atoms with Crippen molar-refractivity contribution in [2.75, 3.05) is 72.5 Å². The van der Waals surface area contributed by atoms with E-state index in [4.69, 9.17) is 65.4 Å². The van der Waals surface area contributed by atoms with Crippen LogP contribution in [0.1, 0.15) is 128 Å². The minimum absolute atomic E-state index is 0.0430. The van der Waals surface area contributed by atoms with Crippen LogP contribution in [0.3, 0.4) is 0 Å². The number of nitrogens with zero attached hydrogens (tertiary/aromatic N) is 9. The predicted octanol–water partition coefficient (Wildman–Crippen LogP) is 21.3. The van der Waals surface area contributed by atoms with Crippen LogP contribution in [0.2, 0.25) is 20.1 Å². The number of rotatable bonds is 13. The number of fused-ring (bicyclic) bond motifs is 8. The molecule has 23 nitrogen and oxygen atoms in total. The van der Waals surface area contributed by atoms with Gasteiger partial charge in [0.25, 0.3) is 29.5 Å². The third kappa shape index (κ3) is 18.5. The van der Waals surface area contributed by atoms with E-state index in [1.54, 1.807) is 37.9 Å². The second-order valence-electron chi connectivity index (χ2n) is 36.8. The fraction of sp³-hybridized carbons (Fsp3) is 0.312. The van der Waals surface area contributed by atoms with Crippen molar-refractivity contribution < 1.29 is 42.9 Å². The van der Waals surface area contributed by atoms with Crippen LogP contribution in [-0.4, -0.2) is 197 Å². The average Bonchev–Trinajstić information content (AvgIpc) is 1.63. The maximum absolute atomic E-state index is 13.6. The number of piperidine rings is 3. The fourth-order valence-corrected chi connectivity index (χ4v) is 22.4. The maximum atomic E-state index is 13.6. The Bertz CT molecular complexity index is 6800. The van der Waals surface area contributed by atoms with E-state index in [1.165, 1.54) is 50.5 Å². The molecule has 5 amide bonds. The Morgan fingerprint density at radius 1 is 0.346 bits per heavy atom. The molecular formula is C109H104Cl4N14O9. The summed E-state index contributed by atoms with van der Waals surface area (Å²) >= 11 is 26.0. The van der Waals surface area contributed by atoms with Crippen LogP contribution in [0, 0.1) is 0 Å². The number of piperazine rings is 1. The van der Waals surface area contributed by atoms with E-state index < -0.39 is 24.4 Å². The third-order valence-corrected chi connectivity index (χ3v) is 29.1. The zero-order valence-electron chi connectivity index (χ0n) is 75.6. The molecule has 1 aliphatic carbocycles. The maximum Gasteiger partial charge on any atom is 0.267 e. The van der Waals surface area contributed by atoms with Gasteiger partial charge in [0, 0.05) is 233 Å². The van der Waals surface area contributed by atoms with Crippen molar-refractivity contribution >= 4 is 120 Å². The lowest BCUT2D eigenvalue weighted by Crippen LogP contribution is -2.54. The first-order valence-corrected chi connectivity index (χ1v) is 49.1. The lowest BCUT2D eigenvalue weighted by atomic mass is 9.81. The minimum atomic E-state index is -0.532. The van der Waals surface area contributed by atoms with E-state index >= 15 is 0 Å². The van der Waals surface area contributed by atoms with Gasteiger partial charge in [0.05, 0.1) is 0 Å². The van der Waals surface area contributed by atoms with E-state index in [9.17, 15) is 24.0 Å². The van der Waals surface area contributed by atoms with Crippen molar-refractivity contribution in [3.8, 4) is 90.0 Å². The fourth-order valence-electron chi connectivity index (χ4n) is 21.4. The number of halogens is 4. The number of carbonyl (C=O) groups excluding carboxylic acids is 5. The first-order chi connectivity index (χ1) is 66.5. The molecule has 5 N–H and O–H groups in total. The zero-order valence-corrected chi connectivity index (χ0v) is 78.6. The lowest BCUT2D eigenvalue weighted by molar-refractivity contribution is -0.140. The minimum Gasteiger partial charge on any atom is -0.479 e. The van der Waals surface area contributed by atoms with Crippen molar-refractivity contribution in [1.29, 1.82) is 0 Å². The summed E-state index contributed by atoms with van der Waals surface area (Å²) in [6.07, 6.45) is 23.9. The molecule has 5 fully saturated rings. The molecule has 4 atom stereocenters. The van der Waals surface area contributed by atoms with Gasteiger partial charge in [0.2, 0.25) is 0 Å². The number of carbonyl (C=O) groups is 5. The van der Waals surface area contributed by atoms with Crippen LogP contribution < -0.4 is 24.3 Å². The number of benzene rings is 7. The van der Waals surface area contributed by atoms with Gasteiger partial charge in [0.15, 0.2) is 24.4 Å². The van der Waals surface area contributed by atoms with Crippen LogP contribution in [0.5, 0.6) is 23.0 Å². The van der Waals surface area contributed by atoms with Crippen molar-refractivity contribution in [3.05, 3.63) is 273 Å². The smallest absolute Gasteiger partial charge is 0.267 e. The first-order valence-electron chi connectivity index (χ1n) is 47.6. The molecule has 0 bridgehead atoms. The first kappa shape index (κ1) is 89.5. The van der Waals surface area contributed by atoms with Gasteiger partial charge in [-0.1, -0.05) is 137 Å². The van der Waals surface area contributed by atoms with E-state index in [1.807, 2.05) is 141 Å². The van der Waals surface area contributed by atoms with E-state index in [0.717, 1.165) is 249 Å². The van der Waals surface area contributed by atoms with Crippen molar-refractivity contribution in [2.45, 2.75) is 146 Å². The van der Waals surface area contributed by atoms with E-state index in [-0.39, 0.29) is 29.5 Å². The molecule has 1 saturated carbocycles. The van der Waals surface area contributed by atoms with Crippen LogP contribution in [-0.2, 0) is 44.9 Å². The molecule has 8 aliphatic heterocycles. The molecule has 9 aliphatic rings. The number of aromatic nitrogens is 8. The predicted molar refractivity (Wildman–Crippen MR) is 534 cm³/mol.